The third kappa shape index (κ3) is 3.57. The number of rotatable bonds is 5. The Hall–Kier alpha value is -1.42. The summed E-state index contributed by atoms with van der Waals surface area (Å²) in [7, 11) is 0. The molecule has 4 nitrogen and oxygen atoms in total. The van der Waals surface area contributed by atoms with Crippen LogP contribution in [0.3, 0.4) is 0 Å². The van der Waals surface area contributed by atoms with Gasteiger partial charge in [0.15, 0.2) is 5.65 Å². The van der Waals surface area contributed by atoms with Crippen LogP contribution in [0.1, 0.15) is 45.1 Å². The van der Waals surface area contributed by atoms with E-state index in [-0.39, 0.29) is 0 Å². The van der Waals surface area contributed by atoms with Gasteiger partial charge in [-0.15, -0.1) is 0 Å². The van der Waals surface area contributed by atoms with E-state index >= 15 is 0 Å². The molecule has 0 saturated carbocycles. The smallest absolute Gasteiger partial charge is 0.177 e. The molecule has 0 amide bonds. The topological polar surface area (TPSA) is 67.6 Å². The highest BCUT2D eigenvalue weighted by Gasteiger charge is 2.23. The van der Waals surface area contributed by atoms with Crippen molar-refractivity contribution in [3.05, 3.63) is 23.7 Å². The molecule has 0 aliphatic heterocycles. The van der Waals surface area contributed by atoms with E-state index in [0.29, 0.717) is 11.3 Å². The van der Waals surface area contributed by atoms with E-state index in [1.165, 1.54) is 0 Å². The van der Waals surface area contributed by atoms with Gasteiger partial charge in [-0.25, -0.2) is 9.97 Å². The number of H-pyrrole nitrogens is 1. The van der Waals surface area contributed by atoms with Crippen LogP contribution in [-0.4, -0.2) is 21.5 Å². The summed E-state index contributed by atoms with van der Waals surface area (Å²) >= 11 is 0. The zero-order valence-corrected chi connectivity index (χ0v) is 13.0. The summed E-state index contributed by atoms with van der Waals surface area (Å²) in [6.45, 7) is 9.61. The molecule has 20 heavy (non-hydrogen) atoms. The SMILES string of the molecule is Cc1ccc2[nH]c(CCC(CCN)C(C)(C)C)nc2n1. The summed E-state index contributed by atoms with van der Waals surface area (Å²) in [6.07, 6.45) is 3.14. The van der Waals surface area contributed by atoms with Crippen LogP contribution in [0.15, 0.2) is 12.1 Å². The number of nitrogens with one attached hydrogen (secondary N) is 1. The van der Waals surface area contributed by atoms with Crippen molar-refractivity contribution in [2.24, 2.45) is 17.1 Å². The van der Waals surface area contributed by atoms with E-state index in [2.05, 4.69) is 41.8 Å². The molecule has 0 radical (unpaired) electrons. The van der Waals surface area contributed by atoms with Crippen LogP contribution in [0.25, 0.3) is 11.2 Å². The Morgan fingerprint density at radius 2 is 1.95 bits per heavy atom. The van der Waals surface area contributed by atoms with Crippen LogP contribution in [0.4, 0.5) is 0 Å². The summed E-state index contributed by atoms with van der Waals surface area (Å²) in [5.74, 6) is 1.65. The summed E-state index contributed by atoms with van der Waals surface area (Å²) in [6, 6.07) is 4.06. The Balaban J connectivity index is 2.07. The van der Waals surface area contributed by atoms with Gasteiger partial charge in [-0.05, 0) is 49.8 Å². The van der Waals surface area contributed by atoms with Gasteiger partial charge in [0.25, 0.3) is 0 Å². The molecule has 4 heteroatoms. The fourth-order valence-corrected chi connectivity index (χ4v) is 2.68. The molecule has 2 aromatic rings. The lowest BCUT2D eigenvalue weighted by Gasteiger charge is -2.30. The molecule has 1 atom stereocenters. The molecular formula is C16H26N4. The van der Waals surface area contributed by atoms with Gasteiger partial charge >= 0.3 is 0 Å². The van der Waals surface area contributed by atoms with Crippen molar-refractivity contribution < 1.29 is 0 Å². The fraction of sp³-hybridized carbons (Fsp3) is 0.625. The summed E-state index contributed by atoms with van der Waals surface area (Å²) in [5.41, 5.74) is 8.89. The summed E-state index contributed by atoms with van der Waals surface area (Å²) < 4.78 is 0. The zero-order valence-electron chi connectivity index (χ0n) is 13.0. The normalized spacial score (nSPS) is 13.8. The first-order valence-electron chi connectivity index (χ1n) is 7.42. The second-order valence-electron chi connectivity index (χ2n) is 6.69. The molecular weight excluding hydrogens is 248 g/mol. The number of pyridine rings is 1. The zero-order chi connectivity index (χ0) is 14.8. The maximum atomic E-state index is 5.74. The van der Waals surface area contributed by atoms with Gasteiger partial charge in [0.2, 0.25) is 0 Å². The standard InChI is InChI=1S/C16H26N4/c1-11-5-7-13-15(18-11)20-14(19-13)8-6-12(9-10-17)16(2,3)4/h5,7,12H,6,8-10,17H2,1-4H3,(H,18,19,20). The Kier molecular flexibility index (Phi) is 4.43. The summed E-state index contributed by atoms with van der Waals surface area (Å²) in [5, 5.41) is 0. The monoisotopic (exact) mass is 274 g/mol. The average Bonchev–Trinajstić information content (AvgIpc) is 2.74. The maximum Gasteiger partial charge on any atom is 0.177 e. The van der Waals surface area contributed by atoms with Gasteiger partial charge in [0, 0.05) is 12.1 Å². The van der Waals surface area contributed by atoms with Gasteiger partial charge in [-0.2, -0.15) is 0 Å². The molecule has 0 aliphatic rings. The fourth-order valence-electron chi connectivity index (χ4n) is 2.68. The molecule has 0 aliphatic carbocycles. The third-order valence-electron chi connectivity index (χ3n) is 4.00. The van der Waals surface area contributed by atoms with Crippen LogP contribution in [0.5, 0.6) is 0 Å². The van der Waals surface area contributed by atoms with Gasteiger partial charge in [0.05, 0.1) is 5.52 Å². The largest absolute Gasteiger partial charge is 0.341 e. The lowest BCUT2D eigenvalue weighted by atomic mass is 9.76. The van der Waals surface area contributed by atoms with Crippen LogP contribution >= 0.6 is 0 Å². The number of nitrogens with two attached hydrogens (primary N) is 1. The molecule has 0 saturated heterocycles. The van der Waals surface area contributed by atoms with Crippen molar-refractivity contribution in [3.63, 3.8) is 0 Å². The lowest BCUT2D eigenvalue weighted by Crippen LogP contribution is -2.24. The first kappa shape index (κ1) is 15.0. The van der Waals surface area contributed by atoms with E-state index in [4.69, 9.17) is 5.73 Å². The number of nitrogens with zero attached hydrogens (tertiary/aromatic N) is 2. The van der Waals surface area contributed by atoms with Crippen molar-refractivity contribution in [1.82, 2.24) is 15.0 Å². The van der Waals surface area contributed by atoms with Crippen molar-refractivity contribution in [2.75, 3.05) is 6.54 Å². The lowest BCUT2D eigenvalue weighted by molar-refractivity contribution is 0.214. The number of aromatic nitrogens is 3. The van der Waals surface area contributed by atoms with Crippen LogP contribution < -0.4 is 5.73 Å². The number of hydrogen-bond acceptors (Lipinski definition) is 3. The molecule has 1 unspecified atom stereocenters. The Bertz CT molecular complexity index is 565. The predicted molar refractivity (Wildman–Crippen MR) is 83.6 cm³/mol. The molecule has 3 N–H and O–H groups in total. The molecule has 0 spiro atoms. The average molecular weight is 274 g/mol. The predicted octanol–water partition coefficient (Wildman–Crippen LogP) is 3.21. The van der Waals surface area contributed by atoms with Gasteiger partial charge in [0.1, 0.15) is 5.82 Å². The molecule has 110 valence electrons. The minimum absolute atomic E-state index is 0.292. The highest BCUT2D eigenvalue weighted by atomic mass is 15.0. The number of imidazole rings is 1. The number of aromatic amines is 1. The molecule has 2 heterocycles. The maximum absolute atomic E-state index is 5.74. The third-order valence-corrected chi connectivity index (χ3v) is 4.00. The summed E-state index contributed by atoms with van der Waals surface area (Å²) in [4.78, 5) is 12.4. The number of aryl methyl sites for hydroxylation is 2. The Morgan fingerprint density at radius 3 is 2.60 bits per heavy atom. The first-order chi connectivity index (χ1) is 9.40. The molecule has 0 aromatic carbocycles. The highest BCUT2D eigenvalue weighted by Crippen LogP contribution is 2.32. The van der Waals surface area contributed by atoms with Crippen molar-refractivity contribution >= 4 is 11.2 Å². The van der Waals surface area contributed by atoms with E-state index < -0.39 is 0 Å². The van der Waals surface area contributed by atoms with Crippen molar-refractivity contribution in [1.29, 1.82) is 0 Å². The van der Waals surface area contributed by atoms with Crippen LogP contribution in [0, 0.1) is 18.3 Å². The molecule has 0 fully saturated rings. The quantitative estimate of drug-likeness (QED) is 0.879. The van der Waals surface area contributed by atoms with E-state index in [0.717, 1.165) is 48.5 Å². The Morgan fingerprint density at radius 1 is 1.20 bits per heavy atom. The van der Waals surface area contributed by atoms with Crippen LogP contribution in [0.2, 0.25) is 0 Å². The van der Waals surface area contributed by atoms with E-state index in [9.17, 15) is 0 Å². The van der Waals surface area contributed by atoms with Gasteiger partial charge < -0.3 is 10.7 Å². The van der Waals surface area contributed by atoms with Crippen molar-refractivity contribution in [3.8, 4) is 0 Å². The minimum atomic E-state index is 0.292. The first-order valence-corrected chi connectivity index (χ1v) is 7.42. The Labute approximate surface area is 121 Å². The molecule has 0 bridgehead atoms. The van der Waals surface area contributed by atoms with E-state index in [1.807, 2.05) is 13.0 Å². The molecule has 2 rings (SSSR count). The van der Waals surface area contributed by atoms with E-state index in [1.54, 1.807) is 0 Å². The highest BCUT2D eigenvalue weighted by molar-refractivity contribution is 5.70. The molecule has 2 aromatic heterocycles. The van der Waals surface area contributed by atoms with Gasteiger partial charge in [-0.1, -0.05) is 20.8 Å². The van der Waals surface area contributed by atoms with Crippen molar-refractivity contribution in [2.45, 2.75) is 47.0 Å². The van der Waals surface area contributed by atoms with Crippen LogP contribution in [-0.2, 0) is 6.42 Å². The minimum Gasteiger partial charge on any atom is -0.341 e. The second-order valence-corrected chi connectivity index (χ2v) is 6.69. The second kappa shape index (κ2) is 5.92. The van der Waals surface area contributed by atoms with Gasteiger partial charge in [-0.3, -0.25) is 0 Å². The number of fused-ring (bicyclic) bond motifs is 1. The number of hydrogen-bond donors (Lipinski definition) is 2.